The van der Waals surface area contributed by atoms with E-state index in [9.17, 15) is 18.4 Å². The number of fused-ring (bicyclic) bond motifs is 2. The summed E-state index contributed by atoms with van der Waals surface area (Å²) in [4.78, 5) is 37.3. The summed E-state index contributed by atoms with van der Waals surface area (Å²) in [7, 11) is 1.80. The molecule has 12 heteroatoms. The molecule has 0 fully saturated rings. The van der Waals surface area contributed by atoms with Gasteiger partial charge in [0.15, 0.2) is 0 Å². The average molecular weight is 589 g/mol. The zero-order chi connectivity index (χ0) is 29.0. The number of rotatable bonds is 6. The maximum Gasteiger partial charge on any atom is 0.280 e. The van der Waals surface area contributed by atoms with E-state index in [-0.39, 0.29) is 15.4 Å². The fraction of sp³-hybridized carbons (Fsp3) is 0.138. The number of amides is 2. The third kappa shape index (κ3) is 4.74. The maximum atomic E-state index is 14.0. The van der Waals surface area contributed by atoms with Crippen molar-refractivity contribution in [2.75, 3.05) is 5.32 Å². The fourth-order valence-corrected chi connectivity index (χ4v) is 6.73. The van der Waals surface area contributed by atoms with Gasteiger partial charge in [0, 0.05) is 44.9 Å². The van der Waals surface area contributed by atoms with Gasteiger partial charge in [0.2, 0.25) is 0 Å². The van der Waals surface area contributed by atoms with Crippen molar-refractivity contribution < 1.29 is 18.4 Å². The van der Waals surface area contributed by atoms with Crippen molar-refractivity contribution in [2.24, 2.45) is 12.8 Å². The molecule has 0 unspecified atom stereocenters. The summed E-state index contributed by atoms with van der Waals surface area (Å²) in [5.41, 5.74) is 8.86. The number of alkyl halides is 2. The number of aryl methyl sites for hydroxylation is 3. The summed E-state index contributed by atoms with van der Waals surface area (Å²) in [6.07, 6.45) is -0.998. The number of hydrogen-bond donors (Lipinski definition) is 2. The molecule has 0 saturated heterocycles. The van der Waals surface area contributed by atoms with Crippen molar-refractivity contribution in [3.05, 3.63) is 81.4 Å². The molecule has 8 nitrogen and oxygen atoms in total. The first-order valence-electron chi connectivity index (χ1n) is 12.4. The lowest BCUT2D eigenvalue weighted by Gasteiger charge is -2.12. The molecule has 0 spiro atoms. The highest BCUT2D eigenvalue weighted by Crippen LogP contribution is 2.44. The zero-order valence-electron chi connectivity index (χ0n) is 22.0. The highest BCUT2D eigenvalue weighted by Gasteiger charge is 2.26. The maximum absolute atomic E-state index is 14.0. The molecule has 2 amide bonds. The van der Waals surface area contributed by atoms with Crippen LogP contribution in [-0.4, -0.2) is 31.6 Å². The van der Waals surface area contributed by atoms with Gasteiger partial charge >= 0.3 is 0 Å². The second kappa shape index (κ2) is 10.1. The largest absolute Gasteiger partial charge is 0.365 e. The second-order valence-electron chi connectivity index (χ2n) is 9.48. The molecular formula is C29H22F2N6O2S2. The third-order valence-corrected chi connectivity index (χ3v) is 8.76. The number of anilines is 1. The lowest BCUT2D eigenvalue weighted by molar-refractivity contribution is 0.100. The Labute approximate surface area is 240 Å². The number of nitrogens with zero attached hydrogens (tertiary/aromatic N) is 4. The van der Waals surface area contributed by atoms with E-state index in [1.54, 1.807) is 29.9 Å². The molecule has 0 radical (unpaired) electrons. The van der Waals surface area contributed by atoms with Crippen LogP contribution in [0.3, 0.4) is 0 Å². The zero-order valence-corrected chi connectivity index (χ0v) is 23.7. The minimum Gasteiger partial charge on any atom is -0.365 e. The number of nitrogens with two attached hydrogens (primary N) is 1. The van der Waals surface area contributed by atoms with E-state index < -0.39 is 23.9 Å². The summed E-state index contributed by atoms with van der Waals surface area (Å²) in [6.45, 7) is 3.76. The Bertz CT molecular complexity index is 2010. The van der Waals surface area contributed by atoms with Crippen LogP contribution in [0.25, 0.3) is 42.8 Å². The number of hydrogen-bond acceptors (Lipinski definition) is 7. The number of halogens is 2. The van der Waals surface area contributed by atoms with E-state index in [0.717, 1.165) is 27.5 Å². The topological polar surface area (TPSA) is 116 Å². The Kier molecular flexibility index (Phi) is 6.59. The van der Waals surface area contributed by atoms with Crippen LogP contribution in [0, 0.1) is 13.8 Å². The summed E-state index contributed by atoms with van der Waals surface area (Å²) < 4.78 is 29.3. The molecule has 6 rings (SSSR count). The number of thiophene rings is 2. The number of benzene rings is 1. The number of carbonyl (C=O) groups excluding carboxylic acids is 2. The van der Waals surface area contributed by atoms with Gasteiger partial charge in [-0.3, -0.25) is 14.3 Å². The van der Waals surface area contributed by atoms with Crippen molar-refractivity contribution in [1.82, 2.24) is 19.7 Å². The van der Waals surface area contributed by atoms with E-state index in [1.165, 1.54) is 17.4 Å². The van der Waals surface area contributed by atoms with Gasteiger partial charge in [0.25, 0.3) is 18.2 Å². The van der Waals surface area contributed by atoms with Crippen molar-refractivity contribution in [3.8, 4) is 21.7 Å². The van der Waals surface area contributed by atoms with Gasteiger partial charge in [-0.25, -0.2) is 18.7 Å². The van der Waals surface area contributed by atoms with Gasteiger partial charge in [0.05, 0.1) is 28.2 Å². The van der Waals surface area contributed by atoms with Crippen molar-refractivity contribution in [3.63, 3.8) is 0 Å². The first kappa shape index (κ1) is 26.7. The van der Waals surface area contributed by atoms with Gasteiger partial charge in [0.1, 0.15) is 15.4 Å². The van der Waals surface area contributed by atoms with E-state index >= 15 is 0 Å². The Morgan fingerprint density at radius 1 is 1.02 bits per heavy atom. The SMILES string of the molecule is Cc1ccc(-c2cc(C(F)F)nc3sc(C(N)=O)c(NC(=O)c4cc(-c5cn(C)nc5C)nc5ccccc45)c23)s1. The summed E-state index contributed by atoms with van der Waals surface area (Å²) in [5.74, 6) is -1.32. The molecule has 5 aromatic heterocycles. The summed E-state index contributed by atoms with van der Waals surface area (Å²) in [5, 5.41) is 8.26. The van der Waals surface area contributed by atoms with Crippen LogP contribution >= 0.6 is 22.7 Å². The molecule has 206 valence electrons. The van der Waals surface area contributed by atoms with Crippen LogP contribution in [0.1, 0.15) is 42.7 Å². The molecular weight excluding hydrogens is 566 g/mol. The number of nitrogens with one attached hydrogen (secondary N) is 1. The molecule has 0 aliphatic carbocycles. The lowest BCUT2D eigenvalue weighted by Crippen LogP contribution is -2.17. The fourth-order valence-electron chi connectivity index (χ4n) is 4.83. The van der Waals surface area contributed by atoms with E-state index in [0.29, 0.717) is 38.0 Å². The molecule has 6 aromatic rings. The summed E-state index contributed by atoms with van der Waals surface area (Å²) >= 11 is 2.28. The predicted molar refractivity (Wildman–Crippen MR) is 158 cm³/mol. The minimum absolute atomic E-state index is 0.0171. The van der Waals surface area contributed by atoms with Crippen LogP contribution in [-0.2, 0) is 7.05 Å². The van der Waals surface area contributed by atoms with Gasteiger partial charge in [-0.05, 0) is 44.2 Å². The molecule has 0 saturated carbocycles. The van der Waals surface area contributed by atoms with Crippen LogP contribution in [0.2, 0.25) is 0 Å². The lowest BCUT2D eigenvalue weighted by atomic mass is 10.0. The number of aromatic nitrogens is 4. The van der Waals surface area contributed by atoms with E-state index in [4.69, 9.17) is 10.7 Å². The highest BCUT2D eigenvalue weighted by atomic mass is 32.1. The normalized spacial score (nSPS) is 11.6. The minimum atomic E-state index is -2.83. The Morgan fingerprint density at radius 2 is 1.80 bits per heavy atom. The van der Waals surface area contributed by atoms with Crippen molar-refractivity contribution >= 4 is 61.3 Å². The number of carbonyl (C=O) groups is 2. The van der Waals surface area contributed by atoms with Gasteiger partial charge in [-0.2, -0.15) is 5.10 Å². The van der Waals surface area contributed by atoms with Crippen molar-refractivity contribution in [1.29, 1.82) is 0 Å². The monoisotopic (exact) mass is 588 g/mol. The van der Waals surface area contributed by atoms with Crippen LogP contribution in [0.5, 0.6) is 0 Å². The quantitative estimate of drug-likeness (QED) is 0.220. The van der Waals surface area contributed by atoms with Gasteiger partial charge in [-0.15, -0.1) is 22.7 Å². The highest BCUT2D eigenvalue weighted by molar-refractivity contribution is 7.21. The molecule has 0 aliphatic rings. The van der Waals surface area contributed by atoms with Crippen molar-refractivity contribution in [2.45, 2.75) is 20.3 Å². The van der Waals surface area contributed by atoms with E-state index in [2.05, 4.69) is 15.4 Å². The van der Waals surface area contributed by atoms with Crippen LogP contribution in [0.15, 0.2) is 54.7 Å². The molecule has 1 aromatic carbocycles. The van der Waals surface area contributed by atoms with Crippen LogP contribution < -0.4 is 11.1 Å². The Hall–Kier alpha value is -4.55. The van der Waals surface area contributed by atoms with Gasteiger partial charge in [-0.1, -0.05) is 18.2 Å². The number of para-hydroxylation sites is 1. The molecule has 3 N–H and O–H groups in total. The first-order chi connectivity index (χ1) is 19.6. The number of primary amides is 1. The van der Waals surface area contributed by atoms with Crippen LogP contribution in [0.4, 0.5) is 14.5 Å². The molecule has 0 bridgehead atoms. The Balaban J connectivity index is 1.56. The Morgan fingerprint density at radius 3 is 2.46 bits per heavy atom. The second-order valence-corrected chi connectivity index (χ2v) is 11.8. The smallest absolute Gasteiger partial charge is 0.280 e. The van der Waals surface area contributed by atoms with E-state index in [1.807, 2.05) is 44.3 Å². The molecule has 0 aliphatic heterocycles. The third-order valence-electron chi connectivity index (χ3n) is 6.62. The first-order valence-corrected chi connectivity index (χ1v) is 14.1. The molecule has 0 atom stereocenters. The predicted octanol–water partition coefficient (Wildman–Crippen LogP) is 6.88. The summed E-state index contributed by atoms with van der Waals surface area (Å²) in [6, 6.07) is 13.9. The average Bonchev–Trinajstić information content (AvgIpc) is 3.63. The number of pyridine rings is 2. The molecule has 41 heavy (non-hydrogen) atoms. The van der Waals surface area contributed by atoms with Gasteiger partial charge < -0.3 is 11.1 Å². The standard InChI is InChI=1S/C29H22F2N6O2S2/c1-13-8-9-22(40-13)17-11-21(26(30)31)34-29-23(17)24(25(41-29)27(32)38)35-28(39)16-10-20(18-12-37(3)36-14(18)2)33-19-7-5-4-6-15(16)19/h4-12,26H,1-3H3,(H2,32,38)(H,35,39). The molecule has 5 heterocycles.